The Kier molecular flexibility index (Phi) is 4.35. The summed E-state index contributed by atoms with van der Waals surface area (Å²) in [7, 11) is 0. The van der Waals surface area contributed by atoms with Gasteiger partial charge in [0.25, 0.3) is 0 Å². The molecule has 3 N–H and O–H groups in total. The van der Waals surface area contributed by atoms with Gasteiger partial charge >= 0.3 is 0 Å². The first-order valence-electron chi connectivity index (χ1n) is 5.66. The Morgan fingerprint density at radius 2 is 2.36 bits per heavy atom. The van der Waals surface area contributed by atoms with E-state index >= 15 is 0 Å². The van der Waals surface area contributed by atoms with Crippen molar-refractivity contribution >= 4 is 0 Å². The van der Waals surface area contributed by atoms with Gasteiger partial charge < -0.3 is 15.6 Å². The molecule has 0 aromatic rings. The molecule has 3 unspecified atom stereocenters. The summed E-state index contributed by atoms with van der Waals surface area (Å²) in [5, 5.41) is 10.5. The summed E-state index contributed by atoms with van der Waals surface area (Å²) in [6, 6.07) is 0. The highest BCUT2D eigenvalue weighted by Gasteiger charge is 2.39. The number of aliphatic hydroxyl groups is 1. The Morgan fingerprint density at radius 3 is 2.86 bits per heavy atom. The third-order valence-electron chi connectivity index (χ3n) is 3.26. The van der Waals surface area contributed by atoms with Gasteiger partial charge in [-0.25, -0.2) is 0 Å². The molecule has 0 bridgehead atoms. The Hall–Kier alpha value is -0.120. The standard InChI is InChI=1S/C11H23NO2/c1-3-4-10(8-12)11(13)5-6-14-9(2)7-11/h9-10,13H,3-8,12H2,1-2H3. The largest absolute Gasteiger partial charge is 0.389 e. The van der Waals surface area contributed by atoms with E-state index in [1.807, 2.05) is 6.92 Å². The van der Waals surface area contributed by atoms with Gasteiger partial charge in [-0.05, 0) is 26.3 Å². The minimum atomic E-state index is -0.581. The van der Waals surface area contributed by atoms with Gasteiger partial charge in [0.1, 0.15) is 0 Å². The van der Waals surface area contributed by atoms with E-state index in [9.17, 15) is 5.11 Å². The lowest BCUT2D eigenvalue weighted by Gasteiger charge is -2.41. The highest BCUT2D eigenvalue weighted by Crippen LogP contribution is 2.33. The van der Waals surface area contributed by atoms with Crippen molar-refractivity contribution in [1.82, 2.24) is 0 Å². The maximum absolute atomic E-state index is 10.5. The van der Waals surface area contributed by atoms with Crippen LogP contribution in [0.2, 0.25) is 0 Å². The maximum Gasteiger partial charge on any atom is 0.0734 e. The van der Waals surface area contributed by atoms with Crippen LogP contribution in [0.3, 0.4) is 0 Å². The molecule has 14 heavy (non-hydrogen) atoms. The maximum atomic E-state index is 10.5. The SMILES string of the molecule is CCCC(CN)C1(O)CCOC(C)C1. The molecule has 0 amide bonds. The minimum Gasteiger partial charge on any atom is -0.389 e. The van der Waals surface area contributed by atoms with E-state index in [4.69, 9.17) is 10.5 Å². The average Bonchev–Trinajstić information content (AvgIpc) is 2.13. The van der Waals surface area contributed by atoms with E-state index in [-0.39, 0.29) is 12.0 Å². The molecular weight excluding hydrogens is 178 g/mol. The van der Waals surface area contributed by atoms with Gasteiger partial charge in [0.2, 0.25) is 0 Å². The molecule has 1 fully saturated rings. The lowest BCUT2D eigenvalue weighted by molar-refractivity contribution is -0.126. The van der Waals surface area contributed by atoms with Crippen molar-refractivity contribution in [2.24, 2.45) is 11.7 Å². The molecule has 3 atom stereocenters. The van der Waals surface area contributed by atoms with Gasteiger partial charge in [-0.2, -0.15) is 0 Å². The fourth-order valence-corrected chi connectivity index (χ4v) is 2.42. The average molecular weight is 201 g/mol. The Labute approximate surface area is 86.6 Å². The predicted octanol–water partition coefficient (Wildman–Crippen LogP) is 1.29. The molecule has 1 rings (SSSR count). The third-order valence-corrected chi connectivity index (χ3v) is 3.26. The van der Waals surface area contributed by atoms with Gasteiger partial charge in [0, 0.05) is 18.9 Å². The van der Waals surface area contributed by atoms with Crippen molar-refractivity contribution in [2.75, 3.05) is 13.2 Å². The molecule has 1 heterocycles. The molecule has 0 aromatic carbocycles. The number of ether oxygens (including phenoxy) is 1. The second-order valence-electron chi connectivity index (χ2n) is 4.46. The monoisotopic (exact) mass is 201 g/mol. The van der Waals surface area contributed by atoms with Gasteiger partial charge in [0.15, 0.2) is 0 Å². The van der Waals surface area contributed by atoms with Crippen LogP contribution < -0.4 is 5.73 Å². The smallest absolute Gasteiger partial charge is 0.0734 e. The van der Waals surface area contributed by atoms with Crippen molar-refractivity contribution in [3.05, 3.63) is 0 Å². The van der Waals surface area contributed by atoms with E-state index in [0.29, 0.717) is 13.2 Å². The minimum absolute atomic E-state index is 0.166. The second-order valence-corrected chi connectivity index (χ2v) is 4.46. The molecule has 1 saturated heterocycles. The van der Waals surface area contributed by atoms with E-state index in [1.54, 1.807) is 0 Å². The second kappa shape index (κ2) is 5.10. The van der Waals surface area contributed by atoms with Crippen LogP contribution >= 0.6 is 0 Å². The Bertz CT molecular complexity index is 175. The zero-order chi connectivity index (χ0) is 10.6. The number of rotatable bonds is 4. The van der Waals surface area contributed by atoms with Crippen LogP contribution in [0, 0.1) is 5.92 Å². The summed E-state index contributed by atoms with van der Waals surface area (Å²) in [6.45, 7) is 5.40. The van der Waals surface area contributed by atoms with Crippen LogP contribution in [0.4, 0.5) is 0 Å². The summed E-state index contributed by atoms with van der Waals surface area (Å²) in [5.74, 6) is 0.235. The fourth-order valence-electron chi connectivity index (χ4n) is 2.42. The van der Waals surface area contributed by atoms with Crippen LogP contribution in [0.25, 0.3) is 0 Å². The molecule has 3 heteroatoms. The molecule has 0 spiro atoms. The van der Waals surface area contributed by atoms with Crippen molar-refractivity contribution in [3.63, 3.8) is 0 Å². The van der Waals surface area contributed by atoms with E-state index < -0.39 is 5.60 Å². The van der Waals surface area contributed by atoms with Crippen LogP contribution in [-0.2, 0) is 4.74 Å². The Morgan fingerprint density at radius 1 is 1.64 bits per heavy atom. The Balaban J connectivity index is 2.59. The lowest BCUT2D eigenvalue weighted by atomic mass is 9.77. The van der Waals surface area contributed by atoms with Gasteiger partial charge in [0.05, 0.1) is 11.7 Å². The normalized spacial score (nSPS) is 35.6. The van der Waals surface area contributed by atoms with E-state index in [1.165, 1.54) is 0 Å². The van der Waals surface area contributed by atoms with E-state index in [2.05, 4.69) is 6.92 Å². The first kappa shape index (κ1) is 12.0. The summed E-state index contributed by atoms with van der Waals surface area (Å²) >= 11 is 0. The zero-order valence-electron chi connectivity index (χ0n) is 9.33. The van der Waals surface area contributed by atoms with Crippen molar-refractivity contribution in [2.45, 2.75) is 51.2 Å². The molecule has 3 nitrogen and oxygen atoms in total. The lowest BCUT2D eigenvalue weighted by Crippen LogP contribution is -2.48. The van der Waals surface area contributed by atoms with E-state index in [0.717, 1.165) is 25.7 Å². The first-order chi connectivity index (χ1) is 6.62. The summed E-state index contributed by atoms with van der Waals surface area (Å²) < 4.78 is 5.45. The molecular formula is C11H23NO2. The first-order valence-corrected chi connectivity index (χ1v) is 5.66. The highest BCUT2D eigenvalue weighted by atomic mass is 16.5. The molecule has 1 aliphatic heterocycles. The molecule has 0 aromatic heterocycles. The van der Waals surface area contributed by atoms with Crippen LogP contribution in [0.5, 0.6) is 0 Å². The number of nitrogens with two attached hydrogens (primary N) is 1. The third kappa shape index (κ3) is 2.69. The van der Waals surface area contributed by atoms with Gasteiger partial charge in [-0.15, -0.1) is 0 Å². The molecule has 0 radical (unpaired) electrons. The highest BCUT2D eigenvalue weighted by molar-refractivity contribution is 4.90. The predicted molar refractivity (Wildman–Crippen MR) is 57.1 cm³/mol. The molecule has 84 valence electrons. The van der Waals surface area contributed by atoms with Crippen LogP contribution in [-0.4, -0.2) is 30.0 Å². The quantitative estimate of drug-likeness (QED) is 0.720. The molecule has 0 aliphatic carbocycles. The number of hydrogen-bond acceptors (Lipinski definition) is 3. The van der Waals surface area contributed by atoms with Gasteiger partial charge in [-0.1, -0.05) is 13.3 Å². The number of hydrogen-bond donors (Lipinski definition) is 2. The van der Waals surface area contributed by atoms with Crippen LogP contribution in [0.15, 0.2) is 0 Å². The summed E-state index contributed by atoms with van der Waals surface area (Å²) in [4.78, 5) is 0. The van der Waals surface area contributed by atoms with Crippen molar-refractivity contribution < 1.29 is 9.84 Å². The summed E-state index contributed by atoms with van der Waals surface area (Å²) in [5.41, 5.74) is 5.14. The molecule has 1 aliphatic rings. The topological polar surface area (TPSA) is 55.5 Å². The molecule has 0 saturated carbocycles. The zero-order valence-corrected chi connectivity index (χ0v) is 9.33. The van der Waals surface area contributed by atoms with Gasteiger partial charge in [-0.3, -0.25) is 0 Å². The van der Waals surface area contributed by atoms with Crippen molar-refractivity contribution in [1.29, 1.82) is 0 Å². The summed E-state index contributed by atoms with van der Waals surface area (Å²) in [6.07, 6.45) is 3.73. The van der Waals surface area contributed by atoms with Crippen LogP contribution in [0.1, 0.15) is 39.5 Å². The fraction of sp³-hybridized carbons (Fsp3) is 1.00. The van der Waals surface area contributed by atoms with Crippen molar-refractivity contribution in [3.8, 4) is 0 Å².